The van der Waals surface area contributed by atoms with Crippen molar-refractivity contribution in [3.05, 3.63) is 121 Å². The minimum atomic E-state index is -1.38. The fourth-order valence-corrected chi connectivity index (χ4v) is 9.68. The van der Waals surface area contributed by atoms with Crippen molar-refractivity contribution in [3.8, 4) is 24.3 Å². The van der Waals surface area contributed by atoms with Crippen LogP contribution in [-0.4, -0.2) is 125 Å². The van der Waals surface area contributed by atoms with Crippen molar-refractivity contribution in [1.82, 2.24) is 14.7 Å². The maximum absolute atomic E-state index is 13.8. The molecule has 24 nitrogen and oxygen atoms in total. The maximum atomic E-state index is 13.8. The predicted octanol–water partition coefficient (Wildman–Crippen LogP) is 4.34. The van der Waals surface area contributed by atoms with Crippen LogP contribution in [0.15, 0.2) is 67.5 Å². The minimum absolute atomic E-state index is 0.0897. The molecule has 24 heteroatoms. The normalized spacial score (nSPS) is 23.9. The highest BCUT2D eigenvalue weighted by atomic mass is 16.6. The molecule has 3 aliphatic carbocycles. The van der Waals surface area contributed by atoms with Crippen LogP contribution in [0.2, 0.25) is 0 Å². The van der Waals surface area contributed by atoms with E-state index in [4.69, 9.17) is 27.4 Å². The van der Waals surface area contributed by atoms with Gasteiger partial charge in [-0.15, -0.1) is 0 Å². The lowest BCUT2D eigenvalue weighted by atomic mass is 9.85. The molecule has 3 heterocycles. The molecule has 0 bridgehead atoms. The smallest absolute Gasteiger partial charge is 0.349 e. The lowest BCUT2D eigenvalue weighted by Gasteiger charge is -2.29. The van der Waals surface area contributed by atoms with E-state index in [1.54, 1.807) is 21.9 Å². The molecule has 3 fully saturated rings. The van der Waals surface area contributed by atoms with Crippen LogP contribution in [0.4, 0.5) is 0 Å². The first-order chi connectivity index (χ1) is 33.7. The fraction of sp³-hybridized carbons (Fsp3) is 0.543. The molecule has 0 aromatic heterocycles. The number of carbonyl (C=O) groups is 3. The number of rotatable bonds is 15. The summed E-state index contributed by atoms with van der Waals surface area (Å²) in [4.78, 5) is 88.4. The number of nitro groups is 3. The Labute approximate surface area is 401 Å². The number of hydrogen-bond acceptors (Lipinski definition) is 19. The molecule has 362 valence electrons. The zero-order valence-corrected chi connectivity index (χ0v) is 37.9. The summed E-state index contributed by atoms with van der Waals surface area (Å²) in [6, 6.07) is 3.54. The highest BCUT2D eigenvalue weighted by Gasteiger charge is 2.41. The second-order valence-corrected chi connectivity index (χ2v) is 17.4. The predicted molar refractivity (Wildman–Crippen MR) is 237 cm³/mol. The highest BCUT2D eigenvalue weighted by molar-refractivity contribution is 5.96. The lowest BCUT2D eigenvalue weighted by Crippen LogP contribution is -2.33. The lowest BCUT2D eigenvalue weighted by molar-refractivity contribution is -0.522. The Kier molecular flexibility index (Phi) is 16.6. The number of nitriles is 4. The minimum Gasteiger partial charge on any atom is -0.470 e. The van der Waals surface area contributed by atoms with Gasteiger partial charge in [-0.2, -0.15) is 21.0 Å². The molecule has 0 amide bonds. The van der Waals surface area contributed by atoms with Crippen LogP contribution >= 0.6 is 0 Å². The Balaban J connectivity index is 1.33. The summed E-state index contributed by atoms with van der Waals surface area (Å²) in [6.07, 6.45) is 2.81. The van der Waals surface area contributed by atoms with Crippen LogP contribution in [0.25, 0.3) is 9.69 Å². The topological polar surface area (TPSA) is 322 Å². The molecule has 3 unspecified atom stereocenters. The van der Waals surface area contributed by atoms with Crippen molar-refractivity contribution in [2.24, 2.45) is 5.92 Å². The summed E-state index contributed by atoms with van der Waals surface area (Å²) in [5.74, 6) is -5.41. The van der Waals surface area contributed by atoms with Crippen LogP contribution in [0, 0.1) is 94.7 Å². The molecule has 0 spiro atoms. The standard InChI is InChI=1S/C46H46N12O12/c1-51-42-34(17-31(58(66)67)20-41(42)55-13-7-8-14-55)43(52-2)46(61)70-27-28(25-68-44(59)37(23-49)32-15-29(56(62)63)18-39(35(32)21-47)53-9-3-4-10-53)26-69-45(60)38(24-50)33-16-30(57(64)65)19-40(36(33)22-48)54-11-5-6-12-54/h28-31H,3-20,25-27H2/b37-32+,38-33+,43-34-. The van der Waals surface area contributed by atoms with E-state index in [-0.39, 0.29) is 52.8 Å². The summed E-state index contributed by atoms with van der Waals surface area (Å²) in [6.45, 7) is 16.4. The second-order valence-electron chi connectivity index (χ2n) is 17.4. The van der Waals surface area contributed by atoms with Gasteiger partial charge in [-0.3, -0.25) is 35.1 Å². The number of likely N-dealkylation sites (tertiary alicyclic amines) is 3. The van der Waals surface area contributed by atoms with Gasteiger partial charge in [0.1, 0.15) is 48.6 Å². The third-order valence-corrected chi connectivity index (χ3v) is 13.2. The Morgan fingerprint density at radius 3 is 1.24 bits per heavy atom. The van der Waals surface area contributed by atoms with Crippen molar-refractivity contribution in [2.45, 2.75) is 95.2 Å². The van der Waals surface area contributed by atoms with Crippen LogP contribution in [-0.2, 0) is 28.6 Å². The van der Waals surface area contributed by atoms with Crippen molar-refractivity contribution < 1.29 is 43.4 Å². The van der Waals surface area contributed by atoms with Gasteiger partial charge in [-0.25, -0.2) is 19.3 Å². The number of allylic oxidation sites excluding steroid dienone is 3. The third kappa shape index (κ3) is 11.0. The molecule has 3 atom stereocenters. The number of hydrogen-bond donors (Lipinski definition) is 0. The maximum Gasteiger partial charge on any atom is 0.349 e. The van der Waals surface area contributed by atoms with Gasteiger partial charge in [0.15, 0.2) is 5.70 Å². The first-order valence-corrected chi connectivity index (χ1v) is 22.6. The third-order valence-electron chi connectivity index (χ3n) is 13.2. The summed E-state index contributed by atoms with van der Waals surface area (Å²) in [5.41, 5.74) is -2.17. The first kappa shape index (κ1) is 50.8. The Bertz CT molecular complexity index is 2400. The summed E-state index contributed by atoms with van der Waals surface area (Å²) in [5, 5.41) is 77.3. The van der Waals surface area contributed by atoms with E-state index >= 15 is 0 Å². The molecule has 0 saturated carbocycles. The molecule has 6 rings (SSSR count). The summed E-state index contributed by atoms with van der Waals surface area (Å²) in [7, 11) is 0. The van der Waals surface area contributed by atoms with E-state index in [2.05, 4.69) is 9.69 Å². The molecule has 0 aromatic carbocycles. The number of esters is 3. The van der Waals surface area contributed by atoms with Crippen molar-refractivity contribution in [2.75, 3.05) is 59.1 Å². The van der Waals surface area contributed by atoms with Crippen LogP contribution in [0.5, 0.6) is 0 Å². The van der Waals surface area contributed by atoms with Gasteiger partial charge in [-0.1, -0.05) is 0 Å². The van der Waals surface area contributed by atoms with Gasteiger partial charge in [0.2, 0.25) is 18.1 Å². The largest absolute Gasteiger partial charge is 0.470 e. The first-order valence-electron chi connectivity index (χ1n) is 22.6. The number of carbonyl (C=O) groups excluding carboxylic acids is 3. The van der Waals surface area contributed by atoms with Gasteiger partial charge in [0.05, 0.1) is 49.7 Å². The van der Waals surface area contributed by atoms with E-state index in [9.17, 15) is 65.8 Å². The molecular weight excluding hydrogens is 913 g/mol. The summed E-state index contributed by atoms with van der Waals surface area (Å²) < 4.78 is 16.5. The van der Waals surface area contributed by atoms with Gasteiger partial charge in [-0.05, 0) is 44.1 Å². The monoisotopic (exact) mass is 958 g/mol. The van der Waals surface area contributed by atoms with Crippen LogP contribution in [0.1, 0.15) is 77.0 Å². The Morgan fingerprint density at radius 1 is 0.571 bits per heavy atom. The van der Waals surface area contributed by atoms with Crippen LogP contribution < -0.4 is 0 Å². The van der Waals surface area contributed by atoms with E-state index < -0.39 is 113 Å². The van der Waals surface area contributed by atoms with Crippen molar-refractivity contribution in [1.29, 1.82) is 21.0 Å². The van der Waals surface area contributed by atoms with E-state index in [0.29, 0.717) is 56.4 Å². The highest BCUT2D eigenvalue weighted by Crippen LogP contribution is 2.40. The van der Waals surface area contributed by atoms with E-state index in [1.807, 2.05) is 17.0 Å². The number of nitrogens with zero attached hydrogens (tertiary/aromatic N) is 12. The van der Waals surface area contributed by atoms with Gasteiger partial charge < -0.3 is 28.9 Å². The van der Waals surface area contributed by atoms with Gasteiger partial charge in [0.25, 0.3) is 5.70 Å². The van der Waals surface area contributed by atoms with Gasteiger partial charge in [0, 0.05) is 108 Å². The average molecular weight is 959 g/mol. The molecule has 0 N–H and O–H groups in total. The quantitative estimate of drug-likeness (QED) is 0.0419. The second kappa shape index (κ2) is 22.9. The molecular formula is C46H46N12O12. The van der Waals surface area contributed by atoms with Gasteiger partial charge >= 0.3 is 17.9 Å². The van der Waals surface area contributed by atoms with Crippen LogP contribution in [0.3, 0.4) is 0 Å². The average Bonchev–Trinajstić information content (AvgIpc) is 4.20. The van der Waals surface area contributed by atoms with E-state index in [1.165, 1.54) is 0 Å². The molecule has 0 aromatic rings. The number of ether oxygens (including phenoxy) is 3. The zero-order valence-electron chi connectivity index (χ0n) is 37.9. The van der Waals surface area contributed by atoms with Crippen molar-refractivity contribution in [3.63, 3.8) is 0 Å². The molecule has 3 aliphatic heterocycles. The molecule has 70 heavy (non-hydrogen) atoms. The molecule has 6 aliphatic rings. The summed E-state index contributed by atoms with van der Waals surface area (Å²) >= 11 is 0. The Morgan fingerprint density at radius 2 is 0.914 bits per heavy atom. The molecule has 0 radical (unpaired) electrons. The molecule has 3 saturated heterocycles. The Hall–Kier alpha value is -8.61. The SMILES string of the molecule is [C-]#[N+]C1=C(N2CCCC2)CC([N+](=O)[O-])C/C1=C(/[N+]#[C-])C(=O)OCC(COC(=O)/C(C#N)=C1\CC([N+](=O)[O-])CC(N2CCCC2)=C1C#N)COC(=O)/C(C#N)=C1\CC([N+](=O)[O-])CC(N2CCCC2)=C1C#N. The fourth-order valence-electron chi connectivity index (χ4n) is 9.68. The van der Waals surface area contributed by atoms with E-state index in [0.717, 1.165) is 38.5 Å². The zero-order chi connectivity index (χ0) is 50.6. The van der Waals surface area contributed by atoms with Crippen molar-refractivity contribution >= 4 is 17.9 Å².